The van der Waals surface area contributed by atoms with Crippen molar-refractivity contribution in [2.75, 3.05) is 5.32 Å². The Morgan fingerprint density at radius 2 is 1.81 bits per heavy atom. The van der Waals surface area contributed by atoms with Crippen molar-refractivity contribution in [3.05, 3.63) is 33.9 Å². The Morgan fingerprint density at radius 1 is 1.19 bits per heavy atom. The number of hydrogen-bond donors (Lipinski definition) is 1. The summed E-state index contributed by atoms with van der Waals surface area (Å²) >= 11 is 0. The molecule has 0 radical (unpaired) electrons. The Labute approximate surface area is 127 Å². The van der Waals surface area contributed by atoms with E-state index in [4.69, 9.17) is 0 Å². The van der Waals surface area contributed by atoms with E-state index in [2.05, 4.69) is 26.1 Å². The third-order valence-electron chi connectivity index (χ3n) is 4.73. The molecule has 0 atom stereocenters. The second-order valence-corrected chi connectivity index (χ2v) is 7.32. The number of nitro benzene ring substituents is 1. The van der Waals surface area contributed by atoms with Crippen molar-refractivity contribution in [2.24, 2.45) is 11.3 Å². The van der Waals surface area contributed by atoms with E-state index in [-0.39, 0.29) is 10.6 Å². The Kier molecular flexibility index (Phi) is 4.55. The molecule has 1 N–H and O–H groups in total. The standard InChI is InChI=1S/C17H26N2O2/c1-12-11-15(19(20)21)9-10-16(12)18-14-7-5-13(6-8-14)17(2,3)4/h9-11,13-14,18H,5-8H2,1-4H3. The highest BCUT2D eigenvalue weighted by atomic mass is 16.6. The van der Waals surface area contributed by atoms with Gasteiger partial charge in [0, 0.05) is 23.9 Å². The van der Waals surface area contributed by atoms with Gasteiger partial charge in [-0.05, 0) is 55.6 Å². The highest BCUT2D eigenvalue weighted by Gasteiger charge is 2.29. The van der Waals surface area contributed by atoms with Crippen molar-refractivity contribution in [1.29, 1.82) is 0 Å². The van der Waals surface area contributed by atoms with Gasteiger partial charge in [0.2, 0.25) is 0 Å². The van der Waals surface area contributed by atoms with Gasteiger partial charge in [0.25, 0.3) is 5.69 Å². The molecule has 1 fully saturated rings. The van der Waals surface area contributed by atoms with Crippen molar-refractivity contribution in [2.45, 2.75) is 59.4 Å². The van der Waals surface area contributed by atoms with Gasteiger partial charge in [0.05, 0.1) is 4.92 Å². The molecule has 1 aromatic rings. The van der Waals surface area contributed by atoms with Gasteiger partial charge < -0.3 is 5.32 Å². The molecule has 0 bridgehead atoms. The van der Waals surface area contributed by atoms with Gasteiger partial charge in [-0.15, -0.1) is 0 Å². The van der Waals surface area contributed by atoms with Crippen molar-refractivity contribution >= 4 is 11.4 Å². The van der Waals surface area contributed by atoms with Crippen molar-refractivity contribution in [3.63, 3.8) is 0 Å². The summed E-state index contributed by atoms with van der Waals surface area (Å²) in [6.07, 6.45) is 4.87. The highest BCUT2D eigenvalue weighted by molar-refractivity contribution is 5.55. The maximum atomic E-state index is 10.8. The van der Waals surface area contributed by atoms with Crippen LogP contribution in [0.4, 0.5) is 11.4 Å². The highest BCUT2D eigenvalue weighted by Crippen LogP contribution is 2.38. The smallest absolute Gasteiger partial charge is 0.269 e. The summed E-state index contributed by atoms with van der Waals surface area (Å²) in [7, 11) is 0. The van der Waals surface area contributed by atoms with Crippen molar-refractivity contribution < 1.29 is 4.92 Å². The minimum atomic E-state index is -0.342. The lowest BCUT2D eigenvalue weighted by Crippen LogP contribution is -2.31. The lowest BCUT2D eigenvalue weighted by molar-refractivity contribution is -0.384. The van der Waals surface area contributed by atoms with E-state index in [1.165, 1.54) is 25.7 Å². The monoisotopic (exact) mass is 290 g/mol. The summed E-state index contributed by atoms with van der Waals surface area (Å²) in [5.41, 5.74) is 2.53. The number of non-ortho nitro benzene ring substituents is 1. The second-order valence-electron chi connectivity index (χ2n) is 7.32. The minimum Gasteiger partial charge on any atom is -0.382 e. The number of hydrogen-bond acceptors (Lipinski definition) is 3. The molecule has 1 aliphatic rings. The fraction of sp³-hybridized carbons (Fsp3) is 0.647. The van der Waals surface area contributed by atoms with Crippen LogP contribution in [0.15, 0.2) is 18.2 Å². The van der Waals surface area contributed by atoms with E-state index in [9.17, 15) is 10.1 Å². The van der Waals surface area contributed by atoms with Crippen LogP contribution in [0.1, 0.15) is 52.0 Å². The number of anilines is 1. The van der Waals surface area contributed by atoms with Gasteiger partial charge in [-0.1, -0.05) is 20.8 Å². The zero-order chi connectivity index (χ0) is 15.6. The average molecular weight is 290 g/mol. The molecule has 0 aromatic heterocycles. The number of rotatable bonds is 3. The van der Waals surface area contributed by atoms with E-state index < -0.39 is 0 Å². The maximum Gasteiger partial charge on any atom is 0.269 e. The first-order valence-electron chi connectivity index (χ1n) is 7.79. The summed E-state index contributed by atoms with van der Waals surface area (Å²) in [5.74, 6) is 0.800. The molecule has 4 heteroatoms. The first-order valence-corrected chi connectivity index (χ1v) is 7.79. The molecule has 0 heterocycles. The molecule has 0 saturated heterocycles. The Bertz CT molecular complexity index is 512. The van der Waals surface area contributed by atoms with Crippen LogP contribution >= 0.6 is 0 Å². The fourth-order valence-electron chi connectivity index (χ4n) is 3.25. The van der Waals surface area contributed by atoms with Gasteiger partial charge in [0.1, 0.15) is 0 Å². The van der Waals surface area contributed by atoms with Gasteiger partial charge in [-0.2, -0.15) is 0 Å². The molecule has 2 rings (SSSR count). The van der Waals surface area contributed by atoms with E-state index in [0.29, 0.717) is 11.5 Å². The average Bonchev–Trinajstić information content (AvgIpc) is 2.40. The van der Waals surface area contributed by atoms with E-state index in [1.54, 1.807) is 12.1 Å². The van der Waals surface area contributed by atoms with Gasteiger partial charge in [-0.25, -0.2) is 0 Å². The van der Waals surface area contributed by atoms with Crippen LogP contribution in [0.5, 0.6) is 0 Å². The molecule has 1 aliphatic carbocycles. The SMILES string of the molecule is Cc1cc([N+](=O)[O-])ccc1NC1CCC(C(C)(C)C)CC1. The predicted octanol–water partition coefficient (Wildman–Crippen LogP) is 4.92. The zero-order valence-electron chi connectivity index (χ0n) is 13.5. The molecule has 21 heavy (non-hydrogen) atoms. The van der Waals surface area contributed by atoms with Crippen LogP contribution in [0.3, 0.4) is 0 Å². The van der Waals surface area contributed by atoms with Crippen LogP contribution in [0.2, 0.25) is 0 Å². The number of benzene rings is 1. The normalized spacial score (nSPS) is 22.9. The first-order chi connectivity index (χ1) is 9.77. The molecule has 0 amide bonds. The van der Waals surface area contributed by atoms with Crippen LogP contribution in [-0.4, -0.2) is 11.0 Å². The Hall–Kier alpha value is -1.58. The van der Waals surface area contributed by atoms with Gasteiger partial charge >= 0.3 is 0 Å². The zero-order valence-corrected chi connectivity index (χ0v) is 13.5. The summed E-state index contributed by atoms with van der Waals surface area (Å²) < 4.78 is 0. The first kappa shape index (κ1) is 15.8. The minimum absolute atomic E-state index is 0.162. The lowest BCUT2D eigenvalue weighted by Gasteiger charge is -2.37. The second kappa shape index (κ2) is 6.04. The third-order valence-corrected chi connectivity index (χ3v) is 4.73. The Balaban J connectivity index is 1.96. The summed E-state index contributed by atoms with van der Waals surface area (Å²) in [4.78, 5) is 10.4. The van der Waals surface area contributed by atoms with Gasteiger partial charge in [0.15, 0.2) is 0 Å². The molecular weight excluding hydrogens is 264 g/mol. The quantitative estimate of drug-likeness (QED) is 0.635. The number of aryl methyl sites for hydroxylation is 1. The number of nitrogens with zero attached hydrogens (tertiary/aromatic N) is 1. The van der Waals surface area contributed by atoms with Gasteiger partial charge in [-0.3, -0.25) is 10.1 Å². The topological polar surface area (TPSA) is 55.2 Å². The molecular formula is C17H26N2O2. The van der Waals surface area contributed by atoms with Crippen molar-refractivity contribution in [3.8, 4) is 0 Å². The largest absolute Gasteiger partial charge is 0.382 e. The predicted molar refractivity (Wildman–Crippen MR) is 86.7 cm³/mol. The van der Waals surface area contributed by atoms with Crippen LogP contribution in [0.25, 0.3) is 0 Å². The Morgan fingerprint density at radius 3 is 2.29 bits per heavy atom. The summed E-state index contributed by atoms with van der Waals surface area (Å²) in [6.45, 7) is 8.90. The third kappa shape index (κ3) is 3.96. The van der Waals surface area contributed by atoms with Crippen LogP contribution < -0.4 is 5.32 Å². The number of nitrogens with one attached hydrogen (secondary N) is 1. The summed E-state index contributed by atoms with van der Waals surface area (Å²) in [6, 6.07) is 5.55. The van der Waals surface area contributed by atoms with Crippen molar-refractivity contribution in [1.82, 2.24) is 0 Å². The number of nitro groups is 1. The molecule has 116 valence electrons. The fourth-order valence-corrected chi connectivity index (χ4v) is 3.25. The maximum absolute atomic E-state index is 10.8. The van der Waals surface area contributed by atoms with Crippen LogP contribution in [-0.2, 0) is 0 Å². The van der Waals surface area contributed by atoms with E-state index in [1.807, 2.05) is 13.0 Å². The molecule has 1 saturated carbocycles. The molecule has 0 unspecified atom stereocenters. The summed E-state index contributed by atoms with van der Waals surface area (Å²) in [5, 5.41) is 14.3. The lowest BCUT2D eigenvalue weighted by atomic mass is 9.71. The molecule has 0 aliphatic heterocycles. The van der Waals surface area contributed by atoms with Crippen LogP contribution in [0, 0.1) is 28.4 Å². The molecule has 1 aromatic carbocycles. The molecule has 0 spiro atoms. The molecule has 4 nitrogen and oxygen atoms in total. The van der Waals surface area contributed by atoms with E-state index in [0.717, 1.165) is 17.2 Å². The van der Waals surface area contributed by atoms with E-state index >= 15 is 0 Å².